The Labute approximate surface area is 89.0 Å². The van der Waals surface area contributed by atoms with Gasteiger partial charge in [-0.3, -0.25) is 4.98 Å². The molecular formula is C8H8BrN3O2. The molecule has 0 aliphatic carbocycles. The van der Waals surface area contributed by atoms with E-state index in [1.807, 2.05) is 0 Å². The van der Waals surface area contributed by atoms with Gasteiger partial charge in [0.25, 0.3) is 0 Å². The summed E-state index contributed by atoms with van der Waals surface area (Å²) in [6.07, 6.45) is 2.64. The van der Waals surface area contributed by atoms with Crippen LogP contribution in [0.5, 0.6) is 0 Å². The van der Waals surface area contributed by atoms with E-state index in [0.29, 0.717) is 12.4 Å². The van der Waals surface area contributed by atoms with Crippen LogP contribution in [-0.2, 0) is 0 Å². The lowest BCUT2D eigenvalue weighted by molar-refractivity contribution is 0.0690. The summed E-state index contributed by atoms with van der Waals surface area (Å²) in [5.41, 5.74) is -0.0878. The number of carboxylic acids is 1. The second-order valence-corrected chi connectivity index (χ2v) is 3.59. The van der Waals surface area contributed by atoms with Crippen molar-refractivity contribution in [3.8, 4) is 0 Å². The second kappa shape index (κ2) is 4.71. The van der Waals surface area contributed by atoms with E-state index in [4.69, 9.17) is 5.11 Å². The van der Waals surface area contributed by atoms with E-state index < -0.39 is 5.97 Å². The van der Waals surface area contributed by atoms with Crippen molar-refractivity contribution >= 4 is 27.7 Å². The van der Waals surface area contributed by atoms with Gasteiger partial charge in [0.05, 0.1) is 12.4 Å². The number of anilines is 1. The van der Waals surface area contributed by atoms with Gasteiger partial charge >= 0.3 is 5.97 Å². The van der Waals surface area contributed by atoms with Gasteiger partial charge in [0.2, 0.25) is 0 Å². The molecule has 0 aliphatic rings. The van der Waals surface area contributed by atoms with Crippen LogP contribution in [0.2, 0.25) is 0 Å². The van der Waals surface area contributed by atoms with Crippen LogP contribution in [0.1, 0.15) is 10.5 Å². The first-order valence-electron chi connectivity index (χ1n) is 3.72. The molecular weight excluding hydrogens is 250 g/mol. The average Bonchev–Trinajstić information content (AvgIpc) is 2.15. The lowest BCUT2D eigenvalue weighted by atomic mass is 10.4. The first-order chi connectivity index (χ1) is 6.59. The maximum absolute atomic E-state index is 10.5. The number of nitrogens with one attached hydrogen (secondary N) is 1. The van der Waals surface area contributed by atoms with Crippen molar-refractivity contribution in [1.82, 2.24) is 9.97 Å². The van der Waals surface area contributed by atoms with E-state index in [1.54, 1.807) is 0 Å². The molecule has 5 nitrogen and oxygen atoms in total. The molecule has 1 heterocycles. The summed E-state index contributed by atoms with van der Waals surface area (Å²) in [5.74, 6) is -0.690. The smallest absolute Gasteiger partial charge is 0.356 e. The number of aromatic carboxylic acids is 1. The van der Waals surface area contributed by atoms with Crippen LogP contribution < -0.4 is 5.32 Å². The molecule has 1 rings (SSSR count). The summed E-state index contributed by atoms with van der Waals surface area (Å²) in [6, 6.07) is 0. The topological polar surface area (TPSA) is 75.1 Å². The van der Waals surface area contributed by atoms with Crippen molar-refractivity contribution in [2.24, 2.45) is 0 Å². The normalized spacial score (nSPS) is 9.50. The molecule has 0 atom stereocenters. The zero-order valence-corrected chi connectivity index (χ0v) is 8.78. The van der Waals surface area contributed by atoms with Crippen LogP contribution in [0.4, 0.5) is 5.82 Å². The Balaban J connectivity index is 2.73. The quantitative estimate of drug-likeness (QED) is 0.855. The van der Waals surface area contributed by atoms with Gasteiger partial charge in [-0.05, 0) is 0 Å². The molecule has 0 fully saturated rings. The van der Waals surface area contributed by atoms with Gasteiger partial charge in [-0.1, -0.05) is 22.5 Å². The molecule has 1 aromatic heterocycles. The minimum Gasteiger partial charge on any atom is -0.476 e. The van der Waals surface area contributed by atoms with Crippen molar-refractivity contribution in [1.29, 1.82) is 0 Å². The Bertz CT molecular complexity index is 367. The number of rotatable bonds is 4. The summed E-state index contributed by atoms with van der Waals surface area (Å²) in [7, 11) is 0. The molecule has 14 heavy (non-hydrogen) atoms. The standard InChI is InChI=1S/C8H8BrN3O2/c1-5(9)2-11-7-4-10-3-6(12-7)8(13)14/h3-4H,1-2H2,(H,11,12)(H,13,14). The molecule has 0 radical (unpaired) electrons. The molecule has 0 aromatic carbocycles. The minimum atomic E-state index is -1.10. The number of aromatic nitrogens is 2. The first-order valence-corrected chi connectivity index (χ1v) is 4.51. The number of hydrogen-bond donors (Lipinski definition) is 2. The van der Waals surface area contributed by atoms with Crippen LogP contribution in [0.25, 0.3) is 0 Å². The van der Waals surface area contributed by atoms with E-state index in [-0.39, 0.29) is 5.69 Å². The highest BCUT2D eigenvalue weighted by molar-refractivity contribution is 9.11. The molecule has 0 saturated carbocycles. The number of carboxylic acid groups (broad SMARTS) is 1. The lowest BCUT2D eigenvalue weighted by Crippen LogP contribution is -2.07. The summed E-state index contributed by atoms with van der Waals surface area (Å²) in [4.78, 5) is 18.1. The molecule has 2 N–H and O–H groups in total. The summed E-state index contributed by atoms with van der Waals surface area (Å²) >= 11 is 3.16. The Morgan fingerprint density at radius 3 is 2.93 bits per heavy atom. The van der Waals surface area contributed by atoms with Gasteiger partial charge in [0, 0.05) is 11.0 Å². The second-order valence-electron chi connectivity index (χ2n) is 2.47. The van der Waals surface area contributed by atoms with Gasteiger partial charge < -0.3 is 10.4 Å². The van der Waals surface area contributed by atoms with Gasteiger partial charge in [0.1, 0.15) is 5.82 Å². The number of hydrogen-bond acceptors (Lipinski definition) is 4. The Hall–Kier alpha value is -1.43. The minimum absolute atomic E-state index is 0.0878. The predicted molar refractivity (Wildman–Crippen MR) is 55.5 cm³/mol. The molecule has 0 bridgehead atoms. The van der Waals surface area contributed by atoms with Crippen LogP contribution in [0, 0.1) is 0 Å². The van der Waals surface area contributed by atoms with Crippen LogP contribution >= 0.6 is 15.9 Å². The molecule has 1 aromatic rings. The zero-order valence-electron chi connectivity index (χ0n) is 7.20. The Morgan fingerprint density at radius 1 is 1.64 bits per heavy atom. The third kappa shape index (κ3) is 3.14. The molecule has 0 amide bonds. The number of nitrogens with zero attached hydrogens (tertiary/aromatic N) is 2. The monoisotopic (exact) mass is 257 g/mol. The molecule has 0 unspecified atom stereocenters. The van der Waals surface area contributed by atoms with Crippen molar-refractivity contribution in [2.75, 3.05) is 11.9 Å². The first kappa shape index (κ1) is 10.6. The molecule has 0 aliphatic heterocycles. The van der Waals surface area contributed by atoms with Crippen LogP contribution in [-0.4, -0.2) is 27.6 Å². The highest BCUT2D eigenvalue weighted by atomic mass is 79.9. The summed E-state index contributed by atoms with van der Waals surface area (Å²) in [5, 5.41) is 11.5. The van der Waals surface area contributed by atoms with Crippen molar-refractivity contribution < 1.29 is 9.90 Å². The van der Waals surface area contributed by atoms with Crippen molar-refractivity contribution in [3.63, 3.8) is 0 Å². The predicted octanol–water partition coefficient (Wildman–Crippen LogP) is 1.50. The van der Waals surface area contributed by atoms with E-state index in [0.717, 1.165) is 4.48 Å². The largest absolute Gasteiger partial charge is 0.476 e. The summed E-state index contributed by atoms with van der Waals surface area (Å²) in [6.45, 7) is 4.09. The SMILES string of the molecule is C=C(Br)CNc1cncc(C(=O)O)n1. The molecule has 0 saturated heterocycles. The zero-order chi connectivity index (χ0) is 10.6. The van der Waals surface area contributed by atoms with E-state index >= 15 is 0 Å². The summed E-state index contributed by atoms with van der Waals surface area (Å²) < 4.78 is 0.750. The highest BCUT2D eigenvalue weighted by Crippen LogP contribution is 2.05. The molecule has 6 heteroatoms. The van der Waals surface area contributed by atoms with Crippen molar-refractivity contribution in [2.45, 2.75) is 0 Å². The van der Waals surface area contributed by atoms with E-state index in [2.05, 4.69) is 37.8 Å². The van der Waals surface area contributed by atoms with Crippen LogP contribution in [0.3, 0.4) is 0 Å². The van der Waals surface area contributed by atoms with Gasteiger partial charge in [-0.25, -0.2) is 9.78 Å². The van der Waals surface area contributed by atoms with E-state index in [9.17, 15) is 4.79 Å². The maximum atomic E-state index is 10.5. The fraction of sp³-hybridized carbons (Fsp3) is 0.125. The highest BCUT2D eigenvalue weighted by Gasteiger charge is 2.05. The van der Waals surface area contributed by atoms with Gasteiger partial charge in [-0.2, -0.15) is 0 Å². The third-order valence-electron chi connectivity index (χ3n) is 1.31. The molecule has 0 spiro atoms. The molecule has 74 valence electrons. The average molecular weight is 258 g/mol. The number of halogens is 1. The third-order valence-corrected chi connectivity index (χ3v) is 1.60. The Morgan fingerprint density at radius 2 is 2.36 bits per heavy atom. The fourth-order valence-corrected chi connectivity index (χ4v) is 0.881. The fourth-order valence-electron chi connectivity index (χ4n) is 0.741. The van der Waals surface area contributed by atoms with E-state index in [1.165, 1.54) is 12.4 Å². The number of carbonyl (C=O) groups is 1. The van der Waals surface area contributed by atoms with Gasteiger partial charge in [-0.15, -0.1) is 0 Å². The van der Waals surface area contributed by atoms with Gasteiger partial charge in [0.15, 0.2) is 5.69 Å². The maximum Gasteiger partial charge on any atom is 0.356 e. The van der Waals surface area contributed by atoms with Crippen LogP contribution in [0.15, 0.2) is 23.5 Å². The Kier molecular flexibility index (Phi) is 3.58. The lowest BCUT2D eigenvalue weighted by Gasteiger charge is -2.03. The van der Waals surface area contributed by atoms with Crippen molar-refractivity contribution in [3.05, 3.63) is 29.1 Å².